The highest BCUT2D eigenvalue weighted by Crippen LogP contribution is 2.22. The van der Waals surface area contributed by atoms with Gasteiger partial charge in [-0.2, -0.15) is 5.26 Å². The molecule has 0 spiro atoms. The van der Waals surface area contributed by atoms with Crippen molar-refractivity contribution in [2.75, 3.05) is 6.61 Å². The predicted octanol–water partition coefficient (Wildman–Crippen LogP) is 3.03. The first-order valence-corrected chi connectivity index (χ1v) is 5.86. The zero-order valence-electron chi connectivity index (χ0n) is 10.8. The average Bonchev–Trinajstić information content (AvgIpc) is 2.77. The summed E-state index contributed by atoms with van der Waals surface area (Å²) >= 11 is 0. The van der Waals surface area contributed by atoms with Gasteiger partial charge in [0.15, 0.2) is 0 Å². The Balaban J connectivity index is 2.30. The number of hydrogen-bond acceptors (Lipinski definition) is 3. The first-order chi connectivity index (χ1) is 9.04. The molecule has 2 rings (SSSR count). The average molecular weight is 251 g/mol. The van der Waals surface area contributed by atoms with E-state index in [-0.39, 0.29) is 5.54 Å². The summed E-state index contributed by atoms with van der Waals surface area (Å²) < 4.78 is 5.45. The Morgan fingerprint density at radius 2 is 2.16 bits per heavy atom. The molecule has 0 aromatic heterocycles. The van der Waals surface area contributed by atoms with Crippen molar-refractivity contribution in [2.45, 2.75) is 19.4 Å². The lowest BCUT2D eigenvalue weighted by Gasteiger charge is -2.08. The smallest absolute Gasteiger partial charge is 0.247 e. The van der Waals surface area contributed by atoms with Crippen molar-refractivity contribution in [3.63, 3.8) is 0 Å². The first kappa shape index (κ1) is 12.9. The maximum absolute atomic E-state index is 8.73. The van der Waals surface area contributed by atoms with E-state index in [0.717, 1.165) is 5.56 Å². The summed E-state index contributed by atoms with van der Waals surface area (Å²) in [6.45, 7) is 11.6. The zero-order valence-corrected chi connectivity index (χ0v) is 10.8. The largest absolute Gasteiger partial charge is 0.484 e. The van der Waals surface area contributed by atoms with Crippen LogP contribution in [0.4, 0.5) is 0 Å². The third kappa shape index (κ3) is 3.00. The molecule has 19 heavy (non-hydrogen) atoms. The molecule has 0 N–H and O–H groups in total. The second-order valence-electron chi connectivity index (χ2n) is 4.89. The van der Waals surface area contributed by atoms with Crippen LogP contribution in [0.1, 0.15) is 25.0 Å². The van der Waals surface area contributed by atoms with Crippen LogP contribution in [0.3, 0.4) is 0 Å². The topological polar surface area (TPSA) is 49.7 Å². The molecule has 0 saturated heterocycles. The number of nitrogens with zero attached hydrogens (tertiary/aromatic N) is 3. The zero-order chi connectivity index (χ0) is 13.9. The number of benzene rings is 1. The number of ether oxygens (including phenoxy) is 1. The van der Waals surface area contributed by atoms with Crippen LogP contribution in [0.25, 0.3) is 10.9 Å². The first-order valence-electron chi connectivity index (χ1n) is 5.86. The van der Waals surface area contributed by atoms with Gasteiger partial charge in [-0.3, -0.25) is 4.99 Å². The maximum Gasteiger partial charge on any atom is 0.247 e. The molecular formula is C15H13N3O. The van der Waals surface area contributed by atoms with E-state index in [0.29, 0.717) is 23.8 Å². The lowest BCUT2D eigenvalue weighted by molar-refractivity contribution is 0.279. The Hall–Kier alpha value is -2.59. The minimum absolute atomic E-state index is 0.274. The van der Waals surface area contributed by atoms with Gasteiger partial charge in [0.2, 0.25) is 11.6 Å². The van der Waals surface area contributed by atoms with Crippen LogP contribution in [0.15, 0.2) is 35.0 Å². The molecule has 94 valence electrons. The van der Waals surface area contributed by atoms with E-state index in [2.05, 4.69) is 15.9 Å². The van der Waals surface area contributed by atoms with Crippen molar-refractivity contribution in [3.8, 4) is 6.07 Å². The van der Waals surface area contributed by atoms with E-state index in [9.17, 15) is 0 Å². The van der Waals surface area contributed by atoms with Crippen molar-refractivity contribution >= 4 is 12.0 Å². The summed E-state index contributed by atoms with van der Waals surface area (Å²) in [6.07, 6.45) is 1.72. The lowest BCUT2D eigenvalue weighted by atomic mass is 10.1. The van der Waals surface area contributed by atoms with Gasteiger partial charge in [0.25, 0.3) is 0 Å². The minimum atomic E-state index is -0.274. The minimum Gasteiger partial charge on any atom is -0.484 e. The Morgan fingerprint density at radius 1 is 1.47 bits per heavy atom. The van der Waals surface area contributed by atoms with Gasteiger partial charge in [-0.1, -0.05) is 12.1 Å². The molecule has 1 aromatic rings. The number of rotatable bonds is 2. The summed E-state index contributed by atoms with van der Waals surface area (Å²) in [4.78, 5) is 7.85. The van der Waals surface area contributed by atoms with Gasteiger partial charge in [0, 0.05) is 0 Å². The van der Waals surface area contributed by atoms with Crippen molar-refractivity contribution in [2.24, 2.45) is 4.99 Å². The Labute approximate surface area is 112 Å². The fourth-order valence-corrected chi connectivity index (χ4v) is 1.67. The quantitative estimate of drug-likeness (QED) is 0.758. The van der Waals surface area contributed by atoms with E-state index >= 15 is 0 Å². The van der Waals surface area contributed by atoms with E-state index in [4.69, 9.17) is 16.6 Å². The van der Waals surface area contributed by atoms with E-state index in [1.807, 2.05) is 13.8 Å². The monoisotopic (exact) mass is 251 g/mol. The van der Waals surface area contributed by atoms with Crippen LogP contribution in [-0.4, -0.2) is 18.0 Å². The van der Waals surface area contributed by atoms with Crippen LogP contribution in [0, 0.1) is 17.9 Å². The molecule has 0 fully saturated rings. The van der Waals surface area contributed by atoms with Gasteiger partial charge in [0.05, 0.1) is 23.7 Å². The van der Waals surface area contributed by atoms with E-state index in [1.165, 1.54) is 0 Å². The number of hydrogen-bond donors (Lipinski definition) is 0. The van der Waals surface area contributed by atoms with E-state index in [1.54, 1.807) is 30.3 Å². The fourth-order valence-electron chi connectivity index (χ4n) is 1.67. The highest BCUT2D eigenvalue weighted by atomic mass is 16.5. The summed E-state index contributed by atoms with van der Waals surface area (Å²) in [7, 11) is 0. The Kier molecular flexibility index (Phi) is 3.35. The van der Waals surface area contributed by atoms with Gasteiger partial charge in [0.1, 0.15) is 6.61 Å². The lowest BCUT2D eigenvalue weighted by Crippen LogP contribution is -2.17. The highest BCUT2D eigenvalue weighted by molar-refractivity contribution is 6.00. The number of aliphatic imine (C=N–C) groups is 1. The molecule has 0 atom stereocenters. The molecule has 0 amide bonds. The van der Waals surface area contributed by atoms with Gasteiger partial charge >= 0.3 is 0 Å². The normalized spacial score (nSPS) is 17.1. The standard InChI is InChI=1S/C15H13N3O/c1-15(2)10-19-14(18-15)13(17-3)8-11-4-6-12(9-16)7-5-11/h4-8H,10H2,1-2H3/b13-8+. The molecule has 0 saturated carbocycles. The second kappa shape index (κ2) is 4.96. The Bertz CT molecular complexity index is 625. The summed E-state index contributed by atoms with van der Waals surface area (Å²) in [6, 6.07) is 9.08. The second-order valence-corrected chi connectivity index (χ2v) is 4.89. The van der Waals surface area contributed by atoms with Crippen molar-refractivity contribution in [1.29, 1.82) is 5.26 Å². The molecule has 0 bridgehead atoms. The Morgan fingerprint density at radius 3 is 2.63 bits per heavy atom. The molecule has 1 heterocycles. The van der Waals surface area contributed by atoms with Gasteiger partial charge in [-0.15, -0.1) is 0 Å². The predicted molar refractivity (Wildman–Crippen MR) is 73.2 cm³/mol. The molecule has 1 aliphatic rings. The molecule has 1 aromatic carbocycles. The van der Waals surface area contributed by atoms with E-state index < -0.39 is 0 Å². The third-order valence-corrected chi connectivity index (χ3v) is 2.65. The van der Waals surface area contributed by atoms with Crippen molar-refractivity contribution < 1.29 is 4.74 Å². The molecule has 4 heteroatoms. The van der Waals surface area contributed by atoms with Crippen LogP contribution < -0.4 is 0 Å². The molecule has 0 unspecified atom stereocenters. The summed E-state index contributed by atoms with van der Waals surface area (Å²) in [5, 5.41) is 8.73. The van der Waals surface area contributed by atoms with Gasteiger partial charge in [-0.05, 0) is 37.6 Å². The van der Waals surface area contributed by atoms with Crippen LogP contribution in [-0.2, 0) is 4.74 Å². The summed E-state index contributed by atoms with van der Waals surface area (Å²) in [5.74, 6) is 0.393. The fraction of sp³-hybridized carbons (Fsp3) is 0.267. The number of nitriles is 1. The maximum atomic E-state index is 8.73. The molecular weight excluding hydrogens is 238 g/mol. The SMILES string of the molecule is [C-]#[N+]/C(=C/c1ccc(C#N)cc1)C1=NC(C)(C)CO1. The highest BCUT2D eigenvalue weighted by Gasteiger charge is 2.28. The molecule has 0 aliphatic carbocycles. The van der Waals surface area contributed by atoms with Gasteiger partial charge < -0.3 is 4.74 Å². The van der Waals surface area contributed by atoms with Gasteiger partial charge in [-0.25, -0.2) is 4.85 Å². The van der Waals surface area contributed by atoms with Crippen LogP contribution >= 0.6 is 0 Å². The molecule has 1 aliphatic heterocycles. The van der Waals surface area contributed by atoms with Crippen LogP contribution in [0.2, 0.25) is 0 Å². The van der Waals surface area contributed by atoms with Crippen molar-refractivity contribution in [3.05, 3.63) is 52.5 Å². The third-order valence-electron chi connectivity index (χ3n) is 2.65. The molecule has 0 radical (unpaired) electrons. The molecule has 4 nitrogen and oxygen atoms in total. The van der Waals surface area contributed by atoms with Crippen LogP contribution in [0.5, 0.6) is 0 Å². The summed E-state index contributed by atoms with van der Waals surface area (Å²) in [5.41, 5.74) is 1.55. The van der Waals surface area contributed by atoms with Crippen molar-refractivity contribution in [1.82, 2.24) is 0 Å².